The number of likely N-dealkylation sites (N-methyl/N-ethyl adjacent to an activating group) is 1. The average Bonchev–Trinajstić information content (AvgIpc) is 3.18. The van der Waals surface area contributed by atoms with Crippen molar-refractivity contribution in [1.29, 1.82) is 0 Å². The Morgan fingerprint density at radius 3 is 2.30 bits per heavy atom. The van der Waals surface area contributed by atoms with E-state index in [1.807, 2.05) is 77.2 Å². The molecule has 0 radical (unpaired) electrons. The van der Waals surface area contributed by atoms with E-state index in [9.17, 15) is 4.79 Å². The summed E-state index contributed by atoms with van der Waals surface area (Å²) in [6, 6.07) is 12.2. The van der Waals surface area contributed by atoms with E-state index >= 15 is 0 Å². The monoisotopic (exact) mass is 411 g/mol. The van der Waals surface area contributed by atoms with Gasteiger partial charge in [0.1, 0.15) is 6.04 Å². The predicted molar refractivity (Wildman–Crippen MR) is 128 cm³/mol. The quantitative estimate of drug-likeness (QED) is 0.831. The fourth-order valence-corrected chi connectivity index (χ4v) is 3.99. The number of pyridine rings is 1. The molecular weight excluding hydrogens is 374 g/mol. The topological polar surface area (TPSA) is 51.7 Å². The van der Waals surface area contributed by atoms with E-state index in [0.717, 1.165) is 44.1 Å². The molecule has 1 N–H and O–H groups in total. The van der Waals surface area contributed by atoms with Crippen LogP contribution in [-0.4, -0.2) is 62.1 Å². The zero-order valence-corrected chi connectivity index (χ0v) is 19.4. The van der Waals surface area contributed by atoms with Crippen LogP contribution in [-0.2, 0) is 11.2 Å². The van der Waals surface area contributed by atoms with Crippen LogP contribution in [0.2, 0.25) is 0 Å². The standard InChI is InChI=1S/C20H25N5O.2C2H6/c1-21-16-7-5-9-22-19(16)24-10-12-25(13-11-24)20(26)18-14-15-6-3-4-8-17(15)23(18)2;2*1-2/h3-9,18,21H,10-14H2,1-2H3;2*1-2H3. The Labute approximate surface area is 181 Å². The number of amides is 1. The van der Waals surface area contributed by atoms with Crippen LogP contribution in [0.1, 0.15) is 33.3 Å². The van der Waals surface area contributed by atoms with Crippen molar-refractivity contribution in [3.05, 3.63) is 48.2 Å². The van der Waals surface area contributed by atoms with Gasteiger partial charge in [-0.3, -0.25) is 4.79 Å². The molecule has 1 fully saturated rings. The van der Waals surface area contributed by atoms with Crippen LogP contribution in [0.25, 0.3) is 0 Å². The van der Waals surface area contributed by atoms with E-state index in [4.69, 9.17) is 0 Å². The summed E-state index contributed by atoms with van der Waals surface area (Å²) in [7, 11) is 3.94. The summed E-state index contributed by atoms with van der Waals surface area (Å²) in [5.41, 5.74) is 3.47. The summed E-state index contributed by atoms with van der Waals surface area (Å²) in [5, 5.41) is 3.20. The van der Waals surface area contributed by atoms with Gasteiger partial charge in [-0.15, -0.1) is 0 Å². The van der Waals surface area contributed by atoms with Crippen molar-refractivity contribution in [2.75, 3.05) is 55.4 Å². The first-order chi connectivity index (χ1) is 14.7. The average molecular weight is 412 g/mol. The highest BCUT2D eigenvalue weighted by molar-refractivity contribution is 5.88. The number of para-hydroxylation sites is 1. The van der Waals surface area contributed by atoms with E-state index < -0.39 is 0 Å². The molecular formula is C24H37N5O. The maximum absolute atomic E-state index is 13.1. The molecule has 1 atom stereocenters. The van der Waals surface area contributed by atoms with Crippen molar-refractivity contribution in [2.45, 2.75) is 40.2 Å². The number of carbonyl (C=O) groups excluding carboxylic acids is 1. The van der Waals surface area contributed by atoms with Crippen molar-refractivity contribution in [3.63, 3.8) is 0 Å². The normalized spacial score (nSPS) is 17.3. The summed E-state index contributed by atoms with van der Waals surface area (Å²) in [6.07, 6.45) is 2.62. The second kappa shape index (κ2) is 11.4. The van der Waals surface area contributed by atoms with Crippen molar-refractivity contribution in [2.24, 2.45) is 0 Å². The van der Waals surface area contributed by atoms with Crippen molar-refractivity contribution in [3.8, 4) is 0 Å². The molecule has 1 amide bonds. The van der Waals surface area contributed by atoms with E-state index in [0.29, 0.717) is 0 Å². The Bertz CT molecular complexity index is 802. The highest BCUT2D eigenvalue weighted by Crippen LogP contribution is 2.31. The molecule has 0 bridgehead atoms. The third-order valence-corrected chi connectivity index (χ3v) is 5.48. The maximum Gasteiger partial charge on any atom is 0.245 e. The molecule has 1 unspecified atom stereocenters. The maximum atomic E-state index is 13.1. The third-order valence-electron chi connectivity index (χ3n) is 5.48. The minimum absolute atomic E-state index is 0.0818. The summed E-state index contributed by atoms with van der Waals surface area (Å²) in [6.45, 7) is 11.1. The summed E-state index contributed by atoms with van der Waals surface area (Å²) in [4.78, 5) is 24.0. The molecule has 0 saturated carbocycles. The number of benzene rings is 1. The minimum atomic E-state index is -0.0818. The molecule has 164 valence electrons. The summed E-state index contributed by atoms with van der Waals surface area (Å²) >= 11 is 0. The number of rotatable bonds is 3. The van der Waals surface area contributed by atoms with Gasteiger partial charge in [0.05, 0.1) is 5.69 Å². The van der Waals surface area contributed by atoms with Crippen LogP contribution in [0.4, 0.5) is 17.2 Å². The predicted octanol–water partition coefficient (Wildman–Crippen LogP) is 3.89. The second-order valence-electron chi connectivity index (χ2n) is 6.90. The van der Waals surface area contributed by atoms with Crippen LogP contribution in [0.5, 0.6) is 0 Å². The first-order valence-electron chi connectivity index (χ1n) is 11.2. The van der Waals surface area contributed by atoms with Gasteiger partial charge in [0.15, 0.2) is 5.82 Å². The minimum Gasteiger partial charge on any atom is -0.385 e. The van der Waals surface area contributed by atoms with Crippen LogP contribution in [0, 0.1) is 0 Å². The lowest BCUT2D eigenvalue weighted by atomic mass is 10.1. The number of hydrogen-bond donors (Lipinski definition) is 1. The van der Waals surface area contributed by atoms with Gasteiger partial charge >= 0.3 is 0 Å². The smallest absolute Gasteiger partial charge is 0.245 e. The van der Waals surface area contributed by atoms with Gasteiger partial charge < -0.3 is 20.0 Å². The van der Waals surface area contributed by atoms with E-state index in [1.54, 1.807) is 0 Å². The van der Waals surface area contributed by atoms with Gasteiger partial charge in [0.2, 0.25) is 5.91 Å². The molecule has 6 heteroatoms. The molecule has 2 aliphatic rings. The van der Waals surface area contributed by atoms with Crippen molar-refractivity contribution in [1.82, 2.24) is 9.88 Å². The molecule has 2 aromatic rings. The zero-order chi connectivity index (χ0) is 22.1. The fourth-order valence-electron chi connectivity index (χ4n) is 3.99. The lowest BCUT2D eigenvalue weighted by Gasteiger charge is -2.38. The zero-order valence-electron chi connectivity index (χ0n) is 19.4. The largest absolute Gasteiger partial charge is 0.385 e. The number of hydrogen-bond acceptors (Lipinski definition) is 5. The van der Waals surface area contributed by atoms with E-state index in [2.05, 4.69) is 32.2 Å². The van der Waals surface area contributed by atoms with E-state index in [1.165, 1.54) is 11.3 Å². The van der Waals surface area contributed by atoms with Crippen molar-refractivity contribution >= 4 is 23.1 Å². The summed E-state index contributed by atoms with van der Waals surface area (Å²) in [5.74, 6) is 1.20. The molecule has 0 aliphatic carbocycles. The van der Waals surface area contributed by atoms with Gasteiger partial charge in [-0.25, -0.2) is 4.98 Å². The Balaban J connectivity index is 0.000000757. The molecule has 2 aliphatic heterocycles. The Morgan fingerprint density at radius 1 is 1.00 bits per heavy atom. The molecule has 6 nitrogen and oxygen atoms in total. The molecule has 1 saturated heterocycles. The van der Waals surface area contributed by atoms with Gasteiger partial charge in [-0.1, -0.05) is 45.9 Å². The second-order valence-corrected chi connectivity index (χ2v) is 6.90. The number of piperazine rings is 1. The number of carbonyl (C=O) groups is 1. The number of aromatic nitrogens is 1. The Kier molecular flexibility index (Phi) is 8.96. The molecule has 1 aromatic heterocycles. The van der Waals surface area contributed by atoms with Crippen LogP contribution in [0.15, 0.2) is 42.6 Å². The SMILES string of the molecule is CC.CC.CNc1cccnc1N1CCN(C(=O)C2Cc3ccccc3N2C)CC1. The molecule has 1 aromatic carbocycles. The first kappa shape index (κ1) is 23.5. The number of nitrogens with zero attached hydrogens (tertiary/aromatic N) is 4. The molecule has 0 spiro atoms. The summed E-state index contributed by atoms with van der Waals surface area (Å²) < 4.78 is 0. The lowest BCUT2D eigenvalue weighted by molar-refractivity contribution is -0.132. The van der Waals surface area contributed by atoms with Gasteiger partial charge in [0, 0.05) is 58.6 Å². The Hall–Kier alpha value is -2.76. The Morgan fingerprint density at radius 2 is 1.67 bits per heavy atom. The highest BCUT2D eigenvalue weighted by atomic mass is 16.2. The molecule has 4 rings (SSSR count). The van der Waals surface area contributed by atoms with Gasteiger partial charge in [0.25, 0.3) is 0 Å². The van der Waals surface area contributed by atoms with Crippen molar-refractivity contribution < 1.29 is 4.79 Å². The van der Waals surface area contributed by atoms with Gasteiger partial charge in [-0.05, 0) is 23.8 Å². The first-order valence-corrected chi connectivity index (χ1v) is 11.2. The molecule has 3 heterocycles. The number of nitrogens with one attached hydrogen (secondary N) is 1. The van der Waals surface area contributed by atoms with Gasteiger partial charge in [-0.2, -0.15) is 0 Å². The number of anilines is 3. The van der Waals surface area contributed by atoms with E-state index in [-0.39, 0.29) is 11.9 Å². The third kappa shape index (κ3) is 4.86. The lowest BCUT2D eigenvalue weighted by Crippen LogP contribution is -2.54. The molecule has 30 heavy (non-hydrogen) atoms. The van der Waals surface area contributed by atoms with Crippen LogP contribution in [0.3, 0.4) is 0 Å². The highest BCUT2D eigenvalue weighted by Gasteiger charge is 2.35. The number of fused-ring (bicyclic) bond motifs is 1. The van der Waals surface area contributed by atoms with Crippen LogP contribution < -0.4 is 15.1 Å². The fraction of sp³-hybridized carbons (Fsp3) is 0.500. The van der Waals surface area contributed by atoms with Crippen LogP contribution >= 0.6 is 0 Å².